The van der Waals surface area contributed by atoms with Gasteiger partial charge in [-0.3, -0.25) is 4.79 Å². The fraction of sp³-hybridized carbons (Fsp3) is 0.364. The summed E-state index contributed by atoms with van der Waals surface area (Å²) in [5.41, 5.74) is 5.97. The van der Waals surface area contributed by atoms with Crippen molar-refractivity contribution in [1.82, 2.24) is 0 Å². The maximum Gasteiger partial charge on any atom is 0.290 e. The molecule has 0 bridgehead atoms. The third-order valence-corrected chi connectivity index (χ3v) is 2.62. The molecule has 0 saturated carbocycles. The molecule has 3 heteroatoms. The topological polar surface area (TPSA) is 48.0 Å². The van der Waals surface area contributed by atoms with Crippen LogP contribution in [0.1, 0.15) is 25.5 Å². The van der Waals surface area contributed by atoms with Gasteiger partial charge in [0, 0.05) is 11.6 Å². The number of hydrogen-bond donors (Lipinski definition) is 1. The molecule has 0 aromatic heterocycles. The van der Waals surface area contributed by atoms with Gasteiger partial charge in [-0.1, -0.05) is 18.2 Å². The second-order valence-electron chi connectivity index (χ2n) is 3.91. The molecule has 74 valence electrons. The van der Waals surface area contributed by atoms with E-state index in [1.807, 2.05) is 43.0 Å². The van der Waals surface area contributed by atoms with Gasteiger partial charge < -0.3 is 10.6 Å². The van der Waals surface area contributed by atoms with Crippen molar-refractivity contribution in [2.75, 3.05) is 4.90 Å². The lowest BCUT2D eigenvalue weighted by Gasteiger charge is -2.20. The minimum absolute atomic E-state index is 0.112. The SMILES string of the molecule is CC(C)N1C(=O)[C@@H]([NH3+])c2ccccc21. The number of para-hydroxylation sites is 1. The van der Waals surface area contributed by atoms with E-state index in [0.29, 0.717) is 0 Å². The van der Waals surface area contributed by atoms with Crippen molar-refractivity contribution in [2.24, 2.45) is 0 Å². The fourth-order valence-corrected chi connectivity index (χ4v) is 1.95. The van der Waals surface area contributed by atoms with Crippen LogP contribution in [0.5, 0.6) is 0 Å². The van der Waals surface area contributed by atoms with Gasteiger partial charge in [0.25, 0.3) is 5.91 Å². The molecule has 3 N–H and O–H groups in total. The van der Waals surface area contributed by atoms with Crippen LogP contribution in [0.3, 0.4) is 0 Å². The second kappa shape index (κ2) is 3.10. The Morgan fingerprint density at radius 1 is 1.36 bits per heavy atom. The highest BCUT2D eigenvalue weighted by atomic mass is 16.2. The Kier molecular flexibility index (Phi) is 2.04. The number of amides is 1. The van der Waals surface area contributed by atoms with Crippen LogP contribution in [0.25, 0.3) is 0 Å². The molecule has 0 unspecified atom stereocenters. The molecule has 1 heterocycles. The van der Waals surface area contributed by atoms with Gasteiger partial charge in [0.2, 0.25) is 0 Å². The Morgan fingerprint density at radius 2 is 2.00 bits per heavy atom. The van der Waals surface area contributed by atoms with Crippen molar-refractivity contribution in [2.45, 2.75) is 25.9 Å². The summed E-state index contributed by atoms with van der Waals surface area (Å²) in [4.78, 5) is 13.7. The first-order valence-electron chi connectivity index (χ1n) is 4.88. The Morgan fingerprint density at radius 3 is 2.64 bits per heavy atom. The van der Waals surface area contributed by atoms with Crippen molar-refractivity contribution in [1.29, 1.82) is 0 Å². The Hall–Kier alpha value is -1.35. The summed E-state index contributed by atoms with van der Waals surface area (Å²) in [7, 11) is 0. The number of rotatable bonds is 1. The number of benzene rings is 1. The lowest BCUT2D eigenvalue weighted by Crippen LogP contribution is -2.58. The van der Waals surface area contributed by atoms with Crippen LogP contribution in [-0.4, -0.2) is 11.9 Å². The minimum Gasteiger partial charge on any atom is -0.343 e. The number of fused-ring (bicyclic) bond motifs is 1. The average Bonchev–Trinajstić information content (AvgIpc) is 2.41. The van der Waals surface area contributed by atoms with Gasteiger partial charge >= 0.3 is 0 Å². The summed E-state index contributed by atoms with van der Waals surface area (Å²) >= 11 is 0. The molecule has 3 nitrogen and oxygen atoms in total. The quantitative estimate of drug-likeness (QED) is 0.698. The molecular weight excluding hydrogens is 176 g/mol. The van der Waals surface area contributed by atoms with Crippen LogP contribution < -0.4 is 10.6 Å². The Bertz CT molecular complexity index is 373. The molecule has 0 aliphatic carbocycles. The zero-order valence-corrected chi connectivity index (χ0v) is 8.53. The van der Waals surface area contributed by atoms with Crippen molar-refractivity contribution in [3.05, 3.63) is 29.8 Å². The predicted molar refractivity (Wildman–Crippen MR) is 54.7 cm³/mol. The van der Waals surface area contributed by atoms with E-state index in [0.717, 1.165) is 11.3 Å². The van der Waals surface area contributed by atoms with Crippen molar-refractivity contribution in [3.8, 4) is 0 Å². The number of anilines is 1. The highest BCUT2D eigenvalue weighted by Crippen LogP contribution is 2.34. The molecule has 1 aromatic rings. The third-order valence-electron chi connectivity index (χ3n) is 2.62. The third kappa shape index (κ3) is 1.13. The highest BCUT2D eigenvalue weighted by Gasteiger charge is 2.38. The molecule has 14 heavy (non-hydrogen) atoms. The molecule has 0 fully saturated rings. The molecule has 2 rings (SSSR count). The van der Waals surface area contributed by atoms with E-state index in [-0.39, 0.29) is 18.0 Å². The molecule has 0 radical (unpaired) electrons. The maximum atomic E-state index is 11.9. The van der Waals surface area contributed by atoms with Gasteiger partial charge in [-0.15, -0.1) is 0 Å². The molecule has 1 aromatic carbocycles. The van der Waals surface area contributed by atoms with Crippen LogP contribution in [-0.2, 0) is 4.79 Å². The van der Waals surface area contributed by atoms with Crippen LogP contribution in [0, 0.1) is 0 Å². The number of carbonyl (C=O) groups is 1. The van der Waals surface area contributed by atoms with Gasteiger partial charge in [-0.2, -0.15) is 0 Å². The van der Waals surface area contributed by atoms with Crippen LogP contribution in [0.2, 0.25) is 0 Å². The summed E-state index contributed by atoms with van der Waals surface area (Å²) in [6, 6.07) is 7.85. The highest BCUT2D eigenvalue weighted by molar-refractivity contribution is 6.03. The van der Waals surface area contributed by atoms with E-state index in [4.69, 9.17) is 0 Å². The first-order valence-corrected chi connectivity index (χ1v) is 4.88. The van der Waals surface area contributed by atoms with Crippen molar-refractivity contribution >= 4 is 11.6 Å². The van der Waals surface area contributed by atoms with E-state index in [1.54, 1.807) is 0 Å². The van der Waals surface area contributed by atoms with Gasteiger partial charge in [-0.05, 0) is 19.9 Å². The summed E-state index contributed by atoms with van der Waals surface area (Å²) in [5, 5.41) is 0. The van der Waals surface area contributed by atoms with Gasteiger partial charge in [0.15, 0.2) is 6.04 Å². The summed E-state index contributed by atoms with van der Waals surface area (Å²) in [6.07, 6.45) is 0. The largest absolute Gasteiger partial charge is 0.343 e. The summed E-state index contributed by atoms with van der Waals surface area (Å²) < 4.78 is 0. The molecule has 1 aliphatic heterocycles. The second-order valence-corrected chi connectivity index (χ2v) is 3.91. The van der Waals surface area contributed by atoms with Crippen LogP contribution in [0.15, 0.2) is 24.3 Å². The van der Waals surface area contributed by atoms with E-state index in [9.17, 15) is 4.79 Å². The summed E-state index contributed by atoms with van der Waals surface area (Å²) in [6.45, 7) is 4.04. The number of hydrogen-bond acceptors (Lipinski definition) is 1. The molecule has 1 amide bonds. The molecule has 1 aliphatic rings. The van der Waals surface area contributed by atoms with E-state index < -0.39 is 0 Å². The normalized spacial score (nSPS) is 20.4. The Balaban J connectivity index is 2.53. The van der Waals surface area contributed by atoms with Crippen molar-refractivity contribution < 1.29 is 10.5 Å². The molecule has 1 atom stereocenters. The lowest BCUT2D eigenvalue weighted by atomic mass is 10.1. The van der Waals surface area contributed by atoms with E-state index in [2.05, 4.69) is 5.73 Å². The number of quaternary nitrogens is 1. The maximum absolute atomic E-state index is 11.9. The zero-order valence-electron chi connectivity index (χ0n) is 8.53. The average molecular weight is 191 g/mol. The van der Waals surface area contributed by atoms with Gasteiger partial charge in [0.1, 0.15) is 0 Å². The predicted octanol–water partition coefficient (Wildman–Crippen LogP) is 0.725. The van der Waals surface area contributed by atoms with Gasteiger partial charge in [0.05, 0.1) is 5.69 Å². The smallest absolute Gasteiger partial charge is 0.290 e. The van der Waals surface area contributed by atoms with E-state index in [1.165, 1.54) is 0 Å². The molecular formula is C11H15N2O+. The first-order chi connectivity index (χ1) is 6.63. The monoisotopic (exact) mass is 191 g/mol. The standard InChI is InChI=1S/C11H14N2O/c1-7(2)13-9-6-4-3-5-8(9)10(12)11(13)14/h3-7,10H,12H2,1-2H3/p+1/t10-/m0/s1. The minimum atomic E-state index is -0.228. The summed E-state index contributed by atoms with van der Waals surface area (Å²) in [5.74, 6) is 0.112. The zero-order chi connectivity index (χ0) is 10.3. The lowest BCUT2D eigenvalue weighted by molar-refractivity contribution is -0.407. The van der Waals surface area contributed by atoms with Crippen LogP contribution in [0.4, 0.5) is 5.69 Å². The molecule has 0 spiro atoms. The molecule has 0 saturated heterocycles. The number of nitrogens with zero attached hydrogens (tertiary/aromatic N) is 1. The van der Waals surface area contributed by atoms with Gasteiger partial charge in [-0.25, -0.2) is 0 Å². The first kappa shape index (κ1) is 9.21. The number of carbonyl (C=O) groups excluding carboxylic acids is 1. The fourth-order valence-electron chi connectivity index (χ4n) is 1.95. The van der Waals surface area contributed by atoms with Crippen LogP contribution >= 0.6 is 0 Å². The Labute approximate surface area is 83.5 Å². The van der Waals surface area contributed by atoms with Crippen molar-refractivity contribution in [3.63, 3.8) is 0 Å². The van der Waals surface area contributed by atoms with E-state index >= 15 is 0 Å².